The summed E-state index contributed by atoms with van der Waals surface area (Å²) in [6.07, 6.45) is 0. The monoisotopic (exact) mass is 288 g/mol. The predicted molar refractivity (Wildman–Crippen MR) is 81.7 cm³/mol. The molecule has 1 atom stereocenters. The summed E-state index contributed by atoms with van der Waals surface area (Å²) in [6.45, 7) is 2.41. The fourth-order valence-corrected chi connectivity index (χ4v) is 2.23. The van der Waals surface area contributed by atoms with Crippen LogP contribution in [0.2, 0.25) is 5.02 Å². The Bertz CT molecular complexity index is 572. The lowest BCUT2D eigenvalue weighted by Gasteiger charge is -2.16. The van der Waals surface area contributed by atoms with E-state index in [9.17, 15) is 4.79 Å². The first-order chi connectivity index (χ1) is 9.66. The minimum Gasteiger partial charge on any atom is -0.334 e. The molecular weight excluding hydrogens is 272 g/mol. The van der Waals surface area contributed by atoms with E-state index >= 15 is 0 Å². The lowest BCUT2D eigenvalue weighted by Crippen LogP contribution is -2.36. The van der Waals surface area contributed by atoms with Crippen LogP contribution in [-0.2, 0) is 6.54 Å². The van der Waals surface area contributed by atoms with Crippen LogP contribution in [0.1, 0.15) is 24.1 Å². The summed E-state index contributed by atoms with van der Waals surface area (Å²) in [5.74, 6) is 0. The van der Waals surface area contributed by atoms with Gasteiger partial charge in [-0.1, -0.05) is 60.1 Å². The van der Waals surface area contributed by atoms with E-state index in [2.05, 4.69) is 10.6 Å². The molecule has 2 amide bonds. The Labute approximate surface area is 124 Å². The zero-order valence-corrected chi connectivity index (χ0v) is 12.0. The topological polar surface area (TPSA) is 41.1 Å². The third-order valence-corrected chi connectivity index (χ3v) is 3.36. The van der Waals surface area contributed by atoms with Gasteiger partial charge in [0.05, 0.1) is 6.04 Å². The van der Waals surface area contributed by atoms with Crippen molar-refractivity contribution in [1.82, 2.24) is 10.6 Å². The fourth-order valence-electron chi connectivity index (χ4n) is 1.93. The molecule has 4 heteroatoms. The lowest BCUT2D eigenvalue weighted by molar-refractivity contribution is 0.237. The van der Waals surface area contributed by atoms with Crippen molar-refractivity contribution in [2.75, 3.05) is 0 Å². The number of urea groups is 1. The van der Waals surface area contributed by atoms with Crippen molar-refractivity contribution in [2.45, 2.75) is 19.5 Å². The third kappa shape index (κ3) is 4.00. The van der Waals surface area contributed by atoms with Crippen molar-refractivity contribution >= 4 is 17.6 Å². The highest BCUT2D eigenvalue weighted by atomic mass is 35.5. The molecule has 2 aromatic carbocycles. The van der Waals surface area contributed by atoms with Gasteiger partial charge in [0, 0.05) is 11.6 Å². The molecule has 0 spiro atoms. The van der Waals surface area contributed by atoms with E-state index in [0.29, 0.717) is 11.6 Å². The van der Waals surface area contributed by atoms with Crippen LogP contribution in [-0.4, -0.2) is 6.03 Å². The summed E-state index contributed by atoms with van der Waals surface area (Å²) in [7, 11) is 0. The highest BCUT2D eigenvalue weighted by molar-refractivity contribution is 6.31. The maximum Gasteiger partial charge on any atom is 0.315 e. The summed E-state index contributed by atoms with van der Waals surface area (Å²) in [5.41, 5.74) is 1.97. The van der Waals surface area contributed by atoms with Gasteiger partial charge >= 0.3 is 6.03 Å². The van der Waals surface area contributed by atoms with Gasteiger partial charge in [0.25, 0.3) is 0 Å². The van der Waals surface area contributed by atoms with Crippen molar-refractivity contribution < 1.29 is 4.79 Å². The summed E-state index contributed by atoms with van der Waals surface area (Å²) in [4.78, 5) is 11.8. The largest absolute Gasteiger partial charge is 0.334 e. The van der Waals surface area contributed by atoms with E-state index in [1.165, 1.54) is 0 Å². The first-order valence-electron chi connectivity index (χ1n) is 6.49. The molecule has 3 nitrogen and oxygen atoms in total. The number of benzene rings is 2. The Balaban J connectivity index is 1.87. The van der Waals surface area contributed by atoms with E-state index in [1.54, 1.807) is 0 Å². The number of hydrogen-bond donors (Lipinski definition) is 2. The second-order valence-electron chi connectivity index (χ2n) is 4.56. The maximum atomic E-state index is 11.8. The zero-order chi connectivity index (χ0) is 14.4. The van der Waals surface area contributed by atoms with Crippen molar-refractivity contribution in [3.63, 3.8) is 0 Å². The lowest BCUT2D eigenvalue weighted by atomic mass is 10.1. The Morgan fingerprint density at radius 3 is 2.45 bits per heavy atom. The fraction of sp³-hybridized carbons (Fsp3) is 0.188. The Hall–Kier alpha value is -2.00. The van der Waals surface area contributed by atoms with Crippen LogP contribution >= 0.6 is 11.6 Å². The summed E-state index contributed by atoms with van der Waals surface area (Å²) >= 11 is 6.10. The molecule has 0 fully saturated rings. The molecule has 0 aliphatic heterocycles. The van der Waals surface area contributed by atoms with Crippen molar-refractivity contribution in [2.24, 2.45) is 0 Å². The van der Waals surface area contributed by atoms with Gasteiger partial charge in [0.2, 0.25) is 0 Å². The molecule has 0 aromatic heterocycles. The molecule has 2 rings (SSSR count). The number of rotatable bonds is 4. The molecule has 0 aliphatic carbocycles. The minimum absolute atomic E-state index is 0.139. The highest BCUT2D eigenvalue weighted by Gasteiger charge is 2.11. The van der Waals surface area contributed by atoms with Gasteiger partial charge in [-0.05, 0) is 24.1 Å². The molecule has 0 aliphatic rings. The Morgan fingerprint density at radius 1 is 1.10 bits per heavy atom. The standard InChI is InChI=1S/C16H17ClN2O/c1-12(14-9-5-6-10-15(14)17)19-16(20)18-11-13-7-3-2-4-8-13/h2-10,12H,11H2,1H3,(H2,18,19,20). The molecule has 104 valence electrons. The van der Waals surface area contributed by atoms with Gasteiger partial charge in [0.1, 0.15) is 0 Å². The highest BCUT2D eigenvalue weighted by Crippen LogP contribution is 2.21. The minimum atomic E-state index is -0.207. The van der Waals surface area contributed by atoms with Crippen molar-refractivity contribution in [3.8, 4) is 0 Å². The second kappa shape index (κ2) is 6.96. The predicted octanol–water partition coefficient (Wildman–Crippen LogP) is 3.90. The number of hydrogen-bond acceptors (Lipinski definition) is 1. The average molecular weight is 289 g/mol. The van der Waals surface area contributed by atoms with E-state index in [-0.39, 0.29) is 12.1 Å². The Kier molecular flexibility index (Phi) is 5.02. The van der Waals surface area contributed by atoms with Gasteiger partial charge < -0.3 is 10.6 Å². The molecular formula is C16H17ClN2O. The molecule has 2 aromatic rings. The van der Waals surface area contributed by atoms with Crippen LogP contribution in [0.3, 0.4) is 0 Å². The van der Waals surface area contributed by atoms with Crippen molar-refractivity contribution in [1.29, 1.82) is 0 Å². The van der Waals surface area contributed by atoms with Gasteiger partial charge in [-0.2, -0.15) is 0 Å². The van der Waals surface area contributed by atoms with Gasteiger partial charge in [-0.25, -0.2) is 4.79 Å². The van der Waals surface area contributed by atoms with E-state index in [0.717, 1.165) is 11.1 Å². The van der Waals surface area contributed by atoms with Crippen LogP contribution in [0.4, 0.5) is 4.79 Å². The maximum absolute atomic E-state index is 11.8. The molecule has 1 unspecified atom stereocenters. The number of carbonyl (C=O) groups is 1. The number of nitrogens with one attached hydrogen (secondary N) is 2. The van der Waals surface area contributed by atoms with Crippen molar-refractivity contribution in [3.05, 3.63) is 70.7 Å². The van der Waals surface area contributed by atoms with Crippen LogP contribution in [0.5, 0.6) is 0 Å². The average Bonchev–Trinajstić information content (AvgIpc) is 2.46. The molecule has 20 heavy (non-hydrogen) atoms. The van der Waals surface area contributed by atoms with E-state index < -0.39 is 0 Å². The van der Waals surface area contributed by atoms with Crippen LogP contribution in [0, 0.1) is 0 Å². The van der Waals surface area contributed by atoms with Crippen LogP contribution in [0.15, 0.2) is 54.6 Å². The summed E-state index contributed by atoms with van der Waals surface area (Å²) < 4.78 is 0. The van der Waals surface area contributed by atoms with Gasteiger partial charge in [-0.15, -0.1) is 0 Å². The molecule has 0 saturated heterocycles. The zero-order valence-electron chi connectivity index (χ0n) is 11.3. The van der Waals surface area contributed by atoms with Crippen LogP contribution in [0.25, 0.3) is 0 Å². The Morgan fingerprint density at radius 2 is 1.75 bits per heavy atom. The second-order valence-corrected chi connectivity index (χ2v) is 4.96. The van der Waals surface area contributed by atoms with Gasteiger partial charge in [0.15, 0.2) is 0 Å². The normalized spacial score (nSPS) is 11.7. The summed E-state index contributed by atoms with van der Waals surface area (Å²) in [6, 6.07) is 16.9. The molecule has 0 radical (unpaired) electrons. The van der Waals surface area contributed by atoms with E-state index in [1.807, 2.05) is 61.5 Å². The summed E-state index contributed by atoms with van der Waals surface area (Å²) in [5, 5.41) is 6.35. The SMILES string of the molecule is CC(NC(=O)NCc1ccccc1)c1ccccc1Cl. The quantitative estimate of drug-likeness (QED) is 0.880. The first kappa shape index (κ1) is 14.4. The van der Waals surface area contributed by atoms with Crippen LogP contribution < -0.4 is 10.6 Å². The number of carbonyl (C=O) groups excluding carboxylic acids is 1. The van der Waals surface area contributed by atoms with Gasteiger partial charge in [-0.3, -0.25) is 0 Å². The van der Waals surface area contributed by atoms with E-state index in [4.69, 9.17) is 11.6 Å². The number of amides is 2. The smallest absolute Gasteiger partial charge is 0.315 e. The molecule has 0 saturated carbocycles. The molecule has 2 N–H and O–H groups in total. The molecule has 0 bridgehead atoms. The third-order valence-electron chi connectivity index (χ3n) is 3.02. The first-order valence-corrected chi connectivity index (χ1v) is 6.87. The molecule has 0 heterocycles. The number of halogens is 1.